The normalized spacial score (nSPS) is 26.0. The van der Waals surface area contributed by atoms with Crippen LogP contribution in [0, 0.1) is 5.92 Å². The van der Waals surface area contributed by atoms with Gasteiger partial charge in [-0.05, 0) is 65.3 Å². The van der Waals surface area contributed by atoms with E-state index < -0.39 is 0 Å². The Hall–Kier alpha value is -2.82. The number of hydrogen-bond donors (Lipinski definition) is 1. The van der Waals surface area contributed by atoms with Crippen molar-refractivity contribution in [3.8, 4) is 17.2 Å². The van der Waals surface area contributed by atoms with Crippen molar-refractivity contribution in [1.29, 1.82) is 0 Å². The molecule has 2 aliphatic heterocycles. The van der Waals surface area contributed by atoms with Crippen LogP contribution in [0.1, 0.15) is 31.4 Å². The number of piperidine rings is 1. The number of para-hydroxylation sites is 1. The third kappa shape index (κ3) is 4.78. The molecule has 0 aliphatic carbocycles. The van der Waals surface area contributed by atoms with E-state index in [1.165, 1.54) is 11.1 Å². The van der Waals surface area contributed by atoms with Crippen LogP contribution >= 0.6 is 0 Å². The van der Waals surface area contributed by atoms with Crippen molar-refractivity contribution in [3.63, 3.8) is 0 Å². The zero-order valence-corrected chi connectivity index (χ0v) is 19.7. The van der Waals surface area contributed by atoms with Gasteiger partial charge in [0.15, 0.2) is 0 Å². The first kappa shape index (κ1) is 22.0. The van der Waals surface area contributed by atoms with Crippen LogP contribution in [-0.2, 0) is 12.0 Å². The summed E-state index contributed by atoms with van der Waals surface area (Å²) in [7, 11) is 0. The predicted molar refractivity (Wildman–Crippen MR) is 133 cm³/mol. The van der Waals surface area contributed by atoms with Gasteiger partial charge in [0.25, 0.3) is 0 Å². The van der Waals surface area contributed by atoms with E-state index in [4.69, 9.17) is 4.74 Å². The van der Waals surface area contributed by atoms with E-state index in [0.29, 0.717) is 17.7 Å². The Morgan fingerprint density at radius 2 is 1.70 bits per heavy atom. The van der Waals surface area contributed by atoms with E-state index in [1.807, 2.05) is 48.5 Å². The van der Waals surface area contributed by atoms with Gasteiger partial charge < -0.3 is 9.84 Å². The summed E-state index contributed by atoms with van der Waals surface area (Å²) in [5.41, 5.74) is 2.63. The molecule has 2 fully saturated rings. The van der Waals surface area contributed by atoms with E-state index in [9.17, 15) is 5.11 Å². The number of aromatic hydroxyl groups is 1. The molecule has 2 heterocycles. The summed E-state index contributed by atoms with van der Waals surface area (Å²) in [4.78, 5) is 5.27. The lowest BCUT2D eigenvalue weighted by Crippen LogP contribution is -2.60. The molecule has 3 aromatic carbocycles. The SMILES string of the molecule is CC1CN2CCN(Cc3cccc(Oc4ccccc4)c3)CC2CC1(C)c1cccc(O)c1. The number of phenols is 1. The van der Waals surface area contributed by atoms with Crippen LogP contribution in [0.5, 0.6) is 17.2 Å². The van der Waals surface area contributed by atoms with Gasteiger partial charge in [0.05, 0.1) is 0 Å². The second-order valence-corrected chi connectivity index (χ2v) is 10.0. The summed E-state index contributed by atoms with van der Waals surface area (Å²) in [6, 6.07) is 26.9. The monoisotopic (exact) mass is 442 g/mol. The van der Waals surface area contributed by atoms with Gasteiger partial charge in [0.1, 0.15) is 17.2 Å². The van der Waals surface area contributed by atoms with Crippen LogP contribution < -0.4 is 4.74 Å². The van der Waals surface area contributed by atoms with Gasteiger partial charge in [-0.1, -0.05) is 56.3 Å². The maximum atomic E-state index is 10.1. The zero-order chi connectivity index (χ0) is 22.8. The molecule has 33 heavy (non-hydrogen) atoms. The van der Waals surface area contributed by atoms with Gasteiger partial charge in [-0.3, -0.25) is 9.80 Å². The molecular weight excluding hydrogens is 408 g/mol. The van der Waals surface area contributed by atoms with E-state index >= 15 is 0 Å². The molecule has 0 bridgehead atoms. The van der Waals surface area contributed by atoms with Crippen LogP contribution in [0.25, 0.3) is 0 Å². The van der Waals surface area contributed by atoms with Gasteiger partial charge in [-0.15, -0.1) is 0 Å². The number of hydrogen-bond acceptors (Lipinski definition) is 4. The molecule has 3 atom stereocenters. The van der Waals surface area contributed by atoms with Gasteiger partial charge >= 0.3 is 0 Å². The number of fused-ring (bicyclic) bond motifs is 1. The summed E-state index contributed by atoms with van der Waals surface area (Å²) in [6.45, 7) is 10.1. The topological polar surface area (TPSA) is 35.9 Å². The van der Waals surface area contributed by atoms with Gasteiger partial charge in [0.2, 0.25) is 0 Å². The predicted octanol–water partition coefficient (Wildman–Crippen LogP) is 5.67. The highest BCUT2D eigenvalue weighted by Gasteiger charge is 2.44. The molecule has 5 rings (SSSR count). The van der Waals surface area contributed by atoms with E-state index in [2.05, 4.69) is 47.9 Å². The Balaban J connectivity index is 1.27. The minimum atomic E-state index is 0.0758. The van der Waals surface area contributed by atoms with Crippen molar-refractivity contribution < 1.29 is 9.84 Å². The molecule has 4 heteroatoms. The largest absolute Gasteiger partial charge is 0.508 e. The highest BCUT2D eigenvalue weighted by molar-refractivity contribution is 5.35. The fourth-order valence-electron chi connectivity index (χ4n) is 5.63. The fourth-order valence-corrected chi connectivity index (χ4v) is 5.63. The molecular formula is C29H34N2O2. The lowest BCUT2D eigenvalue weighted by molar-refractivity contribution is -0.00558. The van der Waals surface area contributed by atoms with Gasteiger partial charge in [-0.25, -0.2) is 0 Å². The lowest BCUT2D eigenvalue weighted by Gasteiger charge is -2.53. The Labute approximate surface area is 197 Å². The number of benzene rings is 3. The molecule has 1 N–H and O–H groups in total. The van der Waals surface area contributed by atoms with Crippen molar-refractivity contribution in [2.75, 3.05) is 26.2 Å². The minimum absolute atomic E-state index is 0.0758. The Kier molecular flexibility index (Phi) is 6.13. The molecule has 3 aromatic rings. The van der Waals surface area contributed by atoms with E-state index in [0.717, 1.165) is 50.6 Å². The first-order valence-electron chi connectivity index (χ1n) is 12.1. The Morgan fingerprint density at radius 3 is 2.52 bits per heavy atom. The molecule has 3 unspecified atom stereocenters. The van der Waals surface area contributed by atoms with Crippen LogP contribution in [0.4, 0.5) is 0 Å². The number of piperazine rings is 1. The number of rotatable bonds is 5. The van der Waals surface area contributed by atoms with Gasteiger partial charge in [-0.2, -0.15) is 0 Å². The first-order valence-corrected chi connectivity index (χ1v) is 12.1. The van der Waals surface area contributed by atoms with Crippen molar-refractivity contribution in [2.24, 2.45) is 5.92 Å². The van der Waals surface area contributed by atoms with Crippen LogP contribution in [-0.4, -0.2) is 47.1 Å². The van der Waals surface area contributed by atoms with Crippen LogP contribution in [0.15, 0.2) is 78.9 Å². The molecule has 0 amide bonds. The second-order valence-electron chi connectivity index (χ2n) is 10.0. The zero-order valence-electron chi connectivity index (χ0n) is 19.7. The quantitative estimate of drug-likeness (QED) is 0.552. The van der Waals surface area contributed by atoms with Crippen molar-refractivity contribution in [3.05, 3.63) is 90.0 Å². The Morgan fingerprint density at radius 1 is 0.909 bits per heavy atom. The number of ether oxygens (including phenoxy) is 1. The maximum Gasteiger partial charge on any atom is 0.127 e. The molecule has 2 saturated heterocycles. The molecule has 2 aliphatic rings. The third-order valence-electron chi connectivity index (χ3n) is 7.73. The summed E-state index contributed by atoms with van der Waals surface area (Å²) in [6.07, 6.45) is 1.12. The highest BCUT2D eigenvalue weighted by Crippen LogP contribution is 2.43. The van der Waals surface area contributed by atoms with Crippen LogP contribution in [0.2, 0.25) is 0 Å². The van der Waals surface area contributed by atoms with Crippen LogP contribution in [0.3, 0.4) is 0 Å². The van der Waals surface area contributed by atoms with Crippen molar-refractivity contribution in [2.45, 2.75) is 38.3 Å². The van der Waals surface area contributed by atoms with Crippen molar-refractivity contribution in [1.82, 2.24) is 9.80 Å². The molecule has 172 valence electrons. The molecule has 0 aromatic heterocycles. The molecule has 0 radical (unpaired) electrons. The maximum absolute atomic E-state index is 10.1. The molecule has 0 saturated carbocycles. The highest BCUT2D eigenvalue weighted by atomic mass is 16.5. The fraction of sp³-hybridized carbons (Fsp3) is 0.379. The van der Waals surface area contributed by atoms with E-state index in [-0.39, 0.29) is 5.41 Å². The molecule has 0 spiro atoms. The smallest absolute Gasteiger partial charge is 0.127 e. The summed E-state index contributed by atoms with van der Waals surface area (Å²) in [5, 5.41) is 10.1. The minimum Gasteiger partial charge on any atom is -0.508 e. The standard InChI is InChI=1S/C29H34N2O2/c1-22-19-31-15-14-30(21-25(31)18-29(22,2)24-9-7-10-26(32)17-24)20-23-8-6-13-28(16-23)33-27-11-4-3-5-12-27/h3-13,16-17,22,25,32H,14-15,18-21H2,1-2H3. The first-order chi connectivity index (χ1) is 16.0. The number of nitrogens with zero attached hydrogens (tertiary/aromatic N) is 2. The Bertz CT molecular complexity index is 1090. The summed E-state index contributed by atoms with van der Waals surface area (Å²) >= 11 is 0. The second kappa shape index (κ2) is 9.20. The van der Waals surface area contributed by atoms with Crippen molar-refractivity contribution >= 4 is 0 Å². The lowest BCUT2D eigenvalue weighted by atomic mass is 9.65. The summed E-state index contributed by atoms with van der Waals surface area (Å²) < 4.78 is 6.04. The van der Waals surface area contributed by atoms with E-state index in [1.54, 1.807) is 6.07 Å². The average Bonchev–Trinajstić information content (AvgIpc) is 2.81. The third-order valence-corrected chi connectivity index (χ3v) is 7.73. The van der Waals surface area contributed by atoms with Gasteiger partial charge in [0, 0.05) is 38.8 Å². The molecule has 4 nitrogen and oxygen atoms in total. The number of phenolic OH excluding ortho intramolecular Hbond substituents is 1. The summed E-state index contributed by atoms with van der Waals surface area (Å²) in [5.74, 6) is 2.67. The average molecular weight is 443 g/mol.